The van der Waals surface area contributed by atoms with Crippen molar-refractivity contribution in [2.24, 2.45) is 0 Å². The van der Waals surface area contributed by atoms with E-state index in [0.29, 0.717) is 18.9 Å². The van der Waals surface area contributed by atoms with Gasteiger partial charge < -0.3 is 10.1 Å². The monoisotopic (exact) mass is 405 g/mol. The number of rotatable bonds is 8. The van der Waals surface area contributed by atoms with Crippen molar-refractivity contribution >= 4 is 35.0 Å². The zero-order chi connectivity index (χ0) is 19.4. The Morgan fingerprint density at radius 1 is 1.26 bits per heavy atom. The molecule has 0 bridgehead atoms. The summed E-state index contributed by atoms with van der Waals surface area (Å²) in [6, 6.07) is 7.62. The van der Waals surface area contributed by atoms with Crippen molar-refractivity contribution in [3.8, 4) is 16.3 Å². The van der Waals surface area contributed by atoms with Crippen LogP contribution >= 0.6 is 23.1 Å². The third kappa shape index (κ3) is 4.62. The fourth-order valence-electron chi connectivity index (χ4n) is 2.72. The average Bonchev–Trinajstić information content (AvgIpc) is 3.17. The Bertz CT molecular complexity index is 818. The lowest BCUT2D eigenvalue weighted by Gasteiger charge is -2.15. The van der Waals surface area contributed by atoms with Gasteiger partial charge in [0.1, 0.15) is 16.3 Å². The van der Waals surface area contributed by atoms with E-state index in [9.17, 15) is 9.59 Å². The minimum absolute atomic E-state index is 0.167. The first-order valence-electron chi connectivity index (χ1n) is 8.80. The van der Waals surface area contributed by atoms with Crippen LogP contribution in [0.2, 0.25) is 0 Å². The maximum absolute atomic E-state index is 12.1. The molecule has 0 atom stereocenters. The molecule has 1 saturated heterocycles. The van der Waals surface area contributed by atoms with Crippen LogP contribution in [-0.4, -0.2) is 46.3 Å². The number of hydrogen-bond acceptors (Lipinski definition) is 6. The van der Waals surface area contributed by atoms with Crippen LogP contribution in [-0.2, 0) is 10.5 Å². The molecule has 1 aromatic heterocycles. The molecular weight excluding hydrogens is 382 g/mol. The third-order valence-electron chi connectivity index (χ3n) is 4.12. The van der Waals surface area contributed by atoms with E-state index in [4.69, 9.17) is 4.74 Å². The lowest BCUT2D eigenvalue weighted by atomic mass is 10.1. The first kappa shape index (κ1) is 19.7. The number of benzene rings is 1. The van der Waals surface area contributed by atoms with Gasteiger partial charge in [-0.3, -0.25) is 9.69 Å². The van der Waals surface area contributed by atoms with Gasteiger partial charge in [-0.1, -0.05) is 0 Å². The smallest absolute Gasteiger partial charge is 0.325 e. The summed E-state index contributed by atoms with van der Waals surface area (Å²) >= 11 is 3.28. The van der Waals surface area contributed by atoms with Crippen LogP contribution < -0.4 is 10.1 Å². The number of nitrogens with zero attached hydrogens (tertiary/aromatic N) is 2. The van der Waals surface area contributed by atoms with Gasteiger partial charge in [0, 0.05) is 29.0 Å². The Kier molecular flexibility index (Phi) is 6.06. The number of carbonyl (C=O) groups is 2. The normalized spacial score (nSPS) is 15.9. The molecular formula is C19H23N3O3S2. The Morgan fingerprint density at radius 3 is 2.63 bits per heavy atom. The maximum atomic E-state index is 12.1. The number of urea groups is 1. The summed E-state index contributed by atoms with van der Waals surface area (Å²) in [5.74, 6) is 2.13. The summed E-state index contributed by atoms with van der Waals surface area (Å²) in [5, 5.41) is 5.72. The van der Waals surface area contributed by atoms with E-state index in [2.05, 4.69) is 15.7 Å². The fourth-order valence-corrected chi connectivity index (χ4v) is 4.46. The second kappa shape index (κ2) is 8.31. The van der Waals surface area contributed by atoms with E-state index in [-0.39, 0.29) is 11.9 Å². The van der Waals surface area contributed by atoms with Crippen molar-refractivity contribution in [3.63, 3.8) is 0 Å². The predicted molar refractivity (Wildman–Crippen MR) is 109 cm³/mol. The van der Waals surface area contributed by atoms with Crippen LogP contribution in [0.15, 0.2) is 29.6 Å². The van der Waals surface area contributed by atoms with Gasteiger partial charge in [-0.05, 0) is 45.0 Å². The Hall–Kier alpha value is -2.06. The number of hydrogen-bond donors (Lipinski definition) is 1. The van der Waals surface area contributed by atoms with Gasteiger partial charge in [0.2, 0.25) is 0 Å². The minimum atomic E-state index is -0.802. The number of amides is 3. The zero-order valence-corrected chi connectivity index (χ0v) is 17.3. The van der Waals surface area contributed by atoms with Gasteiger partial charge in [0.05, 0.1) is 12.3 Å². The Labute approximate surface area is 167 Å². The minimum Gasteiger partial charge on any atom is -0.494 e. The number of thiazole rings is 1. The second-order valence-electron chi connectivity index (χ2n) is 6.67. The summed E-state index contributed by atoms with van der Waals surface area (Å²) in [7, 11) is 0. The molecule has 2 aromatic rings. The topological polar surface area (TPSA) is 71.5 Å². The predicted octanol–water partition coefficient (Wildman–Crippen LogP) is 3.77. The van der Waals surface area contributed by atoms with Gasteiger partial charge in [0.15, 0.2) is 0 Å². The van der Waals surface area contributed by atoms with E-state index in [1.807, 2.05) is 31.2 Å². The highest BCUT2D eigenvalue weighted by Crippen LogP contribution is 2.27. The fraction of sp³-hybridized carbons (Fsp3) is 0.421. The highest BCUT2D eigenvalue weighted by molar-refractivity contribution is 7.98. The molecule has 3 amide bonds. The summed E-state index contributed by atoms with van der Waals surface area (Å²) in [4.78, 5) is 30.0. The first-order valence-corrected chi connectivity index (χ1v) is 10.8. The van der Waals surface area contributed by atoms with Gasteiger partial charge in [0.25, 0.3) is 5.91 Å². The van der Waals surface area contributed by atoms with Crippen molar-refractivity contribution in [2.75, 3.05) is 18.9 Å². The van der Waals surface area contributed by atoms with Gasteiger partial charge in [-0.25, -0.2) is 9.78 Å². The Morgan fingerprint density at radius 2 is 2.00 bits per heavy atom. The van der Waals surface area contributed by atoms with E-state index in [1.54, 1.807) is 36.9 Å². The molecule has 0 unspecified atom stereocenters. The first-order chi connectivity index (χ1) is 12.9. The number of carbonyl (C=O) groups excluding carboxylic acids is 2. The molecule has 0 saturated carbocycles. The van der Waals surface area contributed by atoms with Crippen LogP contribution in [0.4, 0.5) is 4.79 Å². The molecule has 0 radical (unpaired) electrons. The SMILES string of the molecule is CCOc1ccc(-c2nc(CSCCN3C(=O)NC(C)(C)C3=O)cs2)cc1. The standard InChI is InChI=1S/C19H23N3O3S2/c1-4-25-15-7-5-13(6-8-15)16-20-14(12-27-16)11-26-10-9-22-17(23)19(2,3)21-18(22)24/h5-8,12H,4,9-11H2,1-3H3,(H,21,24). The number of ether oxygens (including phenoxy) is 1. The molecule has 27 heavy (non-hydrogen) atoms. The molecule has 1 aliphatic rings. The van der Waals surface area contributed by atoms with Gasteiger partial charge in [-0.15, -0.1) is 11.3 Å². The van der Waals surface area contributed by atoms with Crippen molar-refractivity contribution < 1.29 is 14.3 Å². The molecule has 6 nitrogen and oxygen atoms in total. The van der Waals surface area contributed by atoms with Crippen LogP contribution in [0, 0.1) is 0 Å². The van der Waals surface area contributed by atoms with E-state index < -0.39 is 5.54 Å². The number of imide groups is 1. The summed E-state index contributed by atoms with van der Waals surface area (Å²) in [5.41, 5.74) is 1.27. The largest absolute Gasteiger partial charge is 0.494 e. The van der Waals surface area contributed by atoms with E-state index >= 15 is 0 Å². The van der Waals surface area contributed by atoms with Crippen molar-refractivity contribution in [2.45, 2.75) is 32.1 Å². The lowest BCUT2D eigenvalue weighted by molar-refractivity contribution is -0.130. The molecule has 144 valence electrons. The molecule has 1 fully saturated rings. The number of aromatic nitrogens is 1. The van der Waals surface area contributed by atoms with Crippen LogP contribution in [0.5, 0.6) is 5.75 Å². The molecule has 0 aliphatic carbocycles. The molecule has 0 spiro atoms. The molecule has 1 aromatic carbocycles. The van der Waals surface area contributed by atoms with Crippen LogP contribution in [0.1, 0.15) is 26.5 Å². The van der Waals surface area contributed by atoms with Gasteiger partial charge >= 0.3 is 6.03 Å². The summed E-state index contributed by atoms with van der Waals surface area (Å²) in [6.07, 6.45) is 0. The summed E-state index contributed by atoms with van der Waals surface area (Å²) < 4.78 is 5.46. The molecule has 2 heterocycles. The van der Waals surface area contributed by atoms with E-state index in [0.717, 1.165) is 27.8 Å². The third-order valence-corrected chi connectivity index (χ3v) is 6.03. The van der Waals surface area contributed by atoms with Crippen molar-refractivity contribution in [3.05, 3.63) is 35.3 Å². The number of nitrogens with one attached hydrogen (secondary N) is 1. The lowest BCUT2D eigenvalue weighted by Crippen LogP contribution is -2.40. The maximum Gasteiger partial charge on any atom is 0.325 e. The number of thioether (sulfide) groups is 1. The highest BCUT2D eigenvalue weighted by Gasteiger charge is 2.43. The highest BCUT2D eigenvalue weighted by atomic mass is 32.2. The van der Waals surface area contributed by atoms with Crippen LogP contribution in [0.3, 0.4) is 0 Å². The Balaban J connectivity index is 1.49. The second-order valence-corrected chi connectivity index (χ2v) is 8.63. The quantitative estimate of drug-likeness (QED) is 0.535. The molecule has 1 N–H and O–H groups in total. The molecule has 8 heteroatoms. The van der Waals surface area contributed by atoms with E-state index in [1.165, 1.54) is 4.90 Å². The van der Waals surface area contributed by atoms with Crippen molar-refractivity contribution in [1.29, 1.82) is 0 Å². The van der Waals surface area contributed by atoms with Gasteiger partial charge in [-0.2, -0.15) is 11.8 Å². The summed E-state index contributed by atoms with van der Waals surface area (Å²) in [6.45, 7) is 6.47. The molecule has 3 rings (SSSR count). The van der Waals surface area contributed by atoms with Crippen molar-refractivity contribution in [1.82, 2.24) is 15.2 Å². The average molecular weight is 406 g/mol. The van der Waals surface area contributed by atoms with Crippen LogP contribution in [0.25, 0.3) is 10.6 Å². The molecule has 1 aliphatic heterocycles. The zero-order valence-electron chi connectivity index (χ0n) is 15.7.